The third-order valence-electron chi connectivity index (χ3n) is 2.71. The molecular weight excluding hydrogens is 317 g/mol. The zero-order valence-electron chi connectivity index (χ0n) is 10.7. The highest BCUT2D eigenvalue weighted by Crippen LogP contribution is 2.29. The monoisotopic (exact) mass is 327 g/mol. The highest BCUT2D eigenvalue weighted by molar-refractivity contribution is 6.43. The van der Waals surface area contributed by atoms with Gasteiger partial charge in [-0.15, -0.1) is 0 Å². The molecule has 21 heavy (non-hydrogen) atoms. The number of aromatic carboxylic acids is 1. The molecule has 2 rings (SSSR count). The molecule has 0 fully saturated rings. The number of nitrogens with one attached hydrogen (secondary N) is 1. The van der Waals surface area contributed by atoms with Crippen molar-refractivity contribution in [2.24, 2.45) is 0 Å². The van der Waals surface area contributed by atoms with Gasteiger partial charge in [-0.2, -0.15) is 5.10 Å². The molecule has 1 aromatic carbocycles. The Morgan fingerprint density at radius 3 is 2.76 bits per heavy atom. The summed E-state index contributed by atoms with van der Waals surface area (Å²) in [5.41, 5.74) is 0.441. The molecular formula is C13H11Cl2N3O3. The van der Waals surface area contributed by atoms with E-state index in [1.807, 2.05) is 0 Å². The van der Waals surface area contributed by atoms with Gasteiger partial charge in [-0.05, 0) is 18.2 Å². The second-order valence-corrected chi connectivity index (χ2v) is 4.93. The van der Waals surface area contributed by atoms with Gasteiger partial charge < -0.3 is 10.4 Å². The number of aryl methyl sites for hydroxylation is 1. The number of carboxylic acid groups (broad SMARTS) is 1. The smallest absolute Gasteiger partial charge is 0.354 e. The molecule has 0 saturated carbocycles. The second-order valence-electron chi connectivity index (χ2n) is 4.14. The number of nitrogens with zero attached hydrogens (tertiary/aromatic N) is 2. The summed E-state index contributed by atoms with van der Waals surface area (Å²) < 4.78 is 1.25. The highest BCUT2D eigenvalue weighted by atomic mass is 35.5. The average molecular weight is 328 g/mol. The minimum absolute atomic E-state index is 0.0311. The van der Waals surface area contributed by atoms with Crippen LogP contribution in [-0.2, 0) is 11.3 Å². The van der Waals surface area contributed by atoms with E-state index in [1.165, 1.54) is 16.9 Å². The SMILES string of the molecule is O=C(CCn1nccc1C(=O)O)Nc1cccc(Cl)c1Cl. The molecule has 2 aromatic rings. The molecule has 110 valence electrons. The largest absolute Gasteiger partial charge is 0.477 e. The van der Waals surface area contributed by atoms with Crippen LogP contribution in [0.1, 0.15) is 16.9 Å². The molecule has 0 unspecified atom stereocenters. The molecule has 0 bridgehead atoms. The standard InChI is InChI=1S/C13H11Cl2N3O3/c14-8-2-1-3-9(12(8)15)17-11(19)5-7-18-10(13(20)21)4-6-16-18/h1-4,6H,5,7H2,(H,17,19)(H,20,21). The van der Waals surface area contributed by atoms with Crippen LogP contribution in [0.5, 0.6) is 0 Å². The Kier molecular flexibility index (Phi) is 4.82. The van der Waals surface area contributed by atoms with Gasteiger partial charge in [0.25, 0.3) is 0 Å². The summed E-state index contributed by atoms with van der Waals surface area (Å²) in [6, 6.07) is 6.28. The van der Waals surface area contributed by atoms with E-state index < -0.39 is 5.97 Å². The van der Waals surface area contributed by atoms with Crippen LogP contribution in [0.15, 0.2) is 30.5 Å². The van der Waals surface area contributed by atoms with Crippen LogP contribution in [0.4, 0.5) is 5.69 Å². The van der Waals surface area contributed by atoms with Crippen molar-refractivity contribution in [3.8, 4) is 0 Å². The second kappa shape index (κ2) is 6.60. The van der Waals surface area contributed by atoms with E-state index in [9.17, 15) is 9.59 Å². The topological polar surface area (TPSA) is 84.2 Å². The first-order valence-corrected chi connectivity index (χ1v) is 6.73. The van der Waals surface area contributed by atoms with E-state index in [2.05, 4.69) is 10.4 Å². The summed E-state index contributed by atoms with van der Waals surface area (Å²) in [5, 5.41) is 16.0. The van der Waals surface area contributed by atoms with Crippen molar-refractivity contribution in [2.45, 2.75) is 13.0 Å². The van der Waals surface area contributed by atoms with Crippen LogP contribution in [0, 0.1) is 0 Å². The molecule has 1 amide bonds. The summed E-state index contributed by atoms with van der Waals surface area (Å²) >= 11 is 11.8. The summed E-state index contributed by atoms with van der Waals surface area (Å²) in [4.78, 5) is 22.8. The van der Waals surface area contributed by atoms with Gasteiger partial charge in [-0.1, -0.05) is 29.3 Å². The lowest BCUT2D eigenvalue weighted by Crippen LogP contribution is -2.17. The Morgan fingerprint density at radius 2 is 2.05 bits per heavy atom. The van der Waals surface area contributed by atoms with Gasteiger partial charge in [0.2, 0.25) is 5.91 Å². The molecule has 0 aliphatic carbocycles. The molecule has 1 heterocycles. The summed E-state index contributed by atoms with van der Waals surface area (Å²) in [7, 11) is 0. The number of anilines is 1. The number of aromatic nitrogens is 2. The number of carbonyl (C=O) groups excluding carboxylic acids is 1. The Morgan fingerprint density at radius 1 is 1.29 bits per heavy atom. The fraction of sp³-hybridized carbons (Fsp3) is 0.154. The maximum atomic E-state index is 11.9. The van der Waals surface area contributed by atoms with Gasteiger partial charge in [0.15, 0.2) is 0 Å². The molecule has 0 atom stereocenters. The molecule has 8 heteroatoms. The molecule has 0 aliphatic rings. The lowest BCUT2D eigenvalue weighted by atomic mass is 10.3. The van der Waals surface area contributed by atoms with Crippen LogP contribution in [-0.4, -0.2) is 26.8 Å². The van der Waals surface area contributed by atoms with Gasteiger partial charge >= 0.3 is 5.97 Å². The molecule has 0 aliphatic heterocycles. The molecule has 6 nitrogen and oxygen atoms in total. The minimum Gasteiger partial charge on any atom is -0.477 e. The van der Waals surface area contributed by atoms with Gasteiger partial charge in [0.05, 0.1) is 22.3 Å². The van der Waals surface area contributed by atoms with Crippen molar-refractivity contribution in [2.75, 3.05) is 5.32 Å². The van der Waals surface area contributed by atoms with Gasteiger partial charge in [0, 0.05) is 12.6 Å². The molecule has 1 aromatic heterocycles. The molecule has 2 N–H and O–H groups in total. The van der Waals surface area contributed by atoms with E-state index in [-0.39, 0.29) is 29.6 Å². The summed E-state index contributed by atoms with van der Waals surface area (Å²) in [6.45, 7) is 0.151. The number of halogens is 2. The molecule has 0 saturated heterocycles. The Bertz CT molecular complexity index is 685. The first kappa shape index (κ1) is 15.3. The van der Waals surface area contributed by atoms with E-state index in [1.54, 1.807) is 18.2 Å². The number of rotatable bonds is 5. The van der Waals surface area contributed by atoms with Crippen molar-refractivity contribution in [3.05, 3.63) is 46.2 Å². The Hall–Kier alpha value is -2.05. The predicted octanol–water partition coefficient (Wildman–Crippen LogP) is 2.92. The maximum absolute atomic E-state index is 11.9. The lowest BCUT2D eigenvalue weighted by Gasteiger charge is -2.08. The zero-order valence-corrected chi connectivity index (χ0v) is 12.2. The number of carbonyl (C=O) groups is 2. The zero-order chi connectivity index (χ0) is 15.4. The van der Waals surface area contributed by atoms with E-state index >= 15 is 0 Å². The normalized spacial score (nSPS) is 10.4. The number of hydrogen-bond donors (Lipinski definition) is 2. The van der Waals surface area contributed by atoms with Crippen LogP contribution < -0.4 is 5.32 Å². The number of amides is 1. The van der Waals surface area contributed by atoms with Crippen LogP contribution >= 0.6 is 23.2 Å². The van der Waals surface area contributed by atoms with Gasteiger partial charge in [0.1, 0.15) is 5.69 Å². The minimum atomic E-state index is -1.09. The highest BCUT2D eigenvalue weighted by Gasteiger charge is 2.12. The first-order valence-electron chi connectivity index (χ1n) is 5.98. The van der Waals surface area contributed by atoms with E-state index in [0.29, 0.717) is 10.7 Å². The van der Waals surface area contributed by atoms with Crippen molar-refractivity contribution in [3.63, 3.8) is 0 Å². The third kappa shape index (κ3) is 3.74. The van der Waals surface area contributed by atoms with Crippen molar-refractivity contribution < 1.29 is 14.7 Å². The number of carboxylic acids is 1. The summed E-state index contributed by atoms with van der Waals surface area (Å²) in [6.07, 6.45) is 1.43. The average Bonchev–Trinajstić information content (AvgIpc) is 2.90. The van der Waals surface area contributed by atoms with E-state index in [4.69, 9.17) is 28.3 Å². The lowest BCUT2D eigenvalue weighted by molar-refractivity contribution is -0.116. The number of benzene rings is 1. The maximum Gasteiger partial charge on any atom is 0.354 e. The van der Waals surface area contributed by atoms with Crippen molar-refractivity contribution in [1.29, 1.82) is 0 Å². The van der Waals surface area contributed by atoms with Crippen molar-refractivity contribution >= 4 is 40.8 Å². The summed E-state index contributed by atoms with van der Waals surface area (Å²) in [5.74, 6) is -1.41. The Labute approximate surface area is 130 Å². The van der Waals surface area contributed by atoms with E-state index in [0.717, 1.165) is 0 Å². The van der Waals surface area contributed by atoms with Crippen molar-refractivity contribution in [1.82, 2.24) is 9.78 Å². The predicted molar refractivity (Wildman–Crippen MR) is 78.9 cm³/mol. The third-order valence-corrected chi connectivity index (χ3v) is 3.53. The quantitative estimate of drug-likeness (QED) is 0.884. The first-order chi connectivity index (χ1) is 9.99. The van der Waals surface area contributed by atoms with Gasteiger partial charge in [-0.25, -0.2) is 4.79 Å². The number of hydrogen-bond acceptors (Lipinski definition) is 3. The fourth-order valence-corrected chi connectivity index (χ4v) is 2.06. The molecule has 0 spiro atoms. The van der Waals surface area contributed by atoms with Crippen LogP contribution in [0.25, 0.3) is 0 Å². The Balaban J connectivity index is 1.98. The molecule has 0 radical (unpaired) electrons. The fourth-order valence-electron chi connectivity index (χ4n) is 1.71. The van der Waals surface area contributed by atoms with Gasteiger partial charge in [-0.3, -0.25) is 9.48 Å². The van der Waals surface area contributed by atoms with Crippen LogP contribution in [0.3, 0.4) is 0 Å². The van der Waals surface area contributed by atoms with Crippen LogP contribution in [0.2, 0.25) is 10.0 Å².